The molecule has 0 atom stereocenters. The summed E-state index contributed by atoms with van der Waals surface area (Å²) in [6, 6.07) is 3.29. The fourth-order valence-electron chi connectivity index (χ4n) is 1.39. The predicted octanol–water partition coefficient (Wildman–Crippen LogP) is 0.712. The van der Waals surface area contributed by atoms with E-state index in [-0.39, 0.29) is 18.3 Å². The summed E-state index contributed by atoms with van der Waals surface area (Å²) in [5.41, 5.74) is 0.358. The number of ether oxygens (including phenoxy) is 1. The summed E-state index contributed by atoms with van der Waals surface area (Å²) < 4.78 is 9.88. The van der Waals surface area contributed by atoms with E-state index in [9.17, 15) is 4.79 Å². The third-order valence-corrected chi connectivity index (χ3v) is 2.18. The summed E-state index contributed by atoms with van der Waals surface area (Å²) in [6.07, 6.45) is 1.55. The number of carbonyl (C=O) groups is 1. The third-order valence-electron chi connectivity index (χ3n) is 2.18. The Morgan fingerprint density at radius 1 is 1.56 bits per heavy atom. The lowest BCUT2D eigenvalue weighted by Gasteiger charge is -2.06. The van der Waals surface area contributed by atoms with Gasteiger partial charge in [-0.05, 0) is 19.1 Å². The Labute approximate surface area is 103 Å². The van der Waals surface area contributed by atoms with Crippen LogP contribution in [-0.4, -0.2) is 28.1 Å². The lowest BCUT2D eigenvalue weighted by Crippen LogP contribution is -2.23. The molecule has 2 aromatic heterocycles. The van der Waals surface area contributed by atoms with E-state index in [0.717, 1.165) is 0 Å². The average molecular weight is 248 g/mol. The minimum absolute atomic E-state index is 0.164. The van der Waals surface area contributed by atoms with Gasteiger partial charge in [0.2, 0.25) is 11.8 Å². The maximum Gasteiger partial charge on any atom is 0.257 e. The second-order valence-electron chi connectivity index (χ2n) is 3.48. The summed E-state index contributed by atoms with van der Waals surface area (Å²) in [7, 11) is 1.46. The minimum Gasteiger partial charge on any atom is -0.480 e. The largest absolute Gasteiger partial charge is 0.480 e. The van der Waals surface area contributed by atoms with Gasteiger partial charge < -0.3 is 14.6 Å². The zero-order valence-corrected chi connectivity index (χ0v) is 10.0. The van der Waals surface area contributed by atoms with Crippen LogP contribution in [0.3, 0.4) is 0 Å². The van der Waals surface area contributed by atoms with Crippen molar-refractivity contribution >= 4 is 5.91 Å². The molecule has 0 radical (unpaired) electrons. The van der Waals surface area contributed by atoms with Crippen LogP contribution >= 0.6 is 0 Å². The first-order valence-electron chi connectivity index (χ1n) is 5.27. The fourth-order valence-corrected chi connectivity index (χ4v) is 1.39. The Morgan fingerprint density at radius 3 is 3.06 bits per heavy atom. The van der Waals surface area contributed by atoms with Crippen molar-refractivity contribution in [2.75, 3.05) is 7.11 Å². The standard InChI is InChI=1S/C11H12N4O3/c1-7-14-9(18-15-7)6-13-10(16)8-4-3-5-12-11(8)17-2/h3-5H,6H2,1-2H3,(H,13,16). The van der Waals surface area contributed by atoms with E-state index in [0.29, 0.717) is 17.3 Å². The molecule has 2 heterocycles. The van der Waals surface area contributed by atoms with E-state index < -0.39 is 0 Å². The Morgan fingerprint density at radius 2 is 2.39 bits per heavy atom. The van der Waals surface area contributed by atoms with Gasteiger partial charge in [-0.25, -0.2) is 4.98 Å². The molecule has 0 bridgehead atoms. The van der Waals surface area contributed by atoms with E-state index >= 15 is 0 Å². The number of carbonyl (C=O) groups excluding carboxylic acids is 1. The summed E-state index contributed by atoms with van der Waals surface area (Å²) in [4.78, 5) is 19.8. The summed E-state index contributed by atoms with van der Waals surface area (Å²) in [5, 5.41) is 6.27. The van der Waals surface area contributed by atoms with Gasteiger partial charge in [-0.15, -0.1) is 0 Å². The van der Waals surface area contributed by atoms with E-state index in [1.54, 1.807) is 25.3 Å². The zero-order chi connectivity index (χ0) is 13.0. The highest BCUT2D eigenvalue weighted by Crippen LogP contribution is 2.13. The molecular weight excluding hydrogens is 236 g/mol. The zero-order valence-electron chi connectivity index (χ0n) is 10.0. The molecule has 2 rings (SSSR count). The molecule has 2 aromatic rings. The third kappa shape index (κ3) is 2.62. The molecular formula is C11H12N4O3. The van der Waals surface area contributed by atoms with Crippen LogP contribution in [-0.2, 0) is 6.54 Å². The number of aromatic nitrogens is 3. The second kappa shape index (κ2) is 5.26. The molecule has 0 aliphatic carbocycles. The Balaban J connectivity index is 2.03. The topological polar surface area (TPSA) is 90.1 Å². The van der Waals surface area contributed by atoms with Gasteiger partial charge in [0.25, 0.3) is 5.91 Å². The maximum atomic E-state index is 11.9. The molecule has 18 heavy (non-hydrogen) atoms. The fraction of sp³-hybridized carbons (Fsp3) is 0.273. The molecule has 0 aliphatic heterocycles. The van der Waals surface area contributed by atoms with Gasteiger partial charge >= 0.3 is 0 Å². The van der Waals surface area contributed by atoms with E-state index in [4.69, 9.17) is 9.26 Å². The monoisotopic (exact) mass is 248 g/mol. The molecule has 0 fully saturated rings. The lowest BCUT2D eigenvalue weighted by molar-refractivity contribution is 0.0942. The van der Waals surface area contributed by atoms with Crippen LogP contribution in [0.4, 0.5) is 0 Å². The molecule has 7 heteroatoms. The van der Waals surface area contributed by atoms with Gasteiger partial charge in [0.1, 0.15) is 5.56 Å². The average Bonchev–Trinajstić information content (AvgIpc) is 2.81. The number of hydrogen-bond donors (Lipinski definition) is 1. The first-order valence-corrected chi connectivity index (χ1v) is 5.27. The smallest absolute Gasteiger partial charge is 0.257 e. The van der Waals surface area contributed by atoms with Crippen molar-refractivity contribution in [1.82, 2.24) is 20.4 Å². The molecule has 0 unspecified atom stereocenters. The summed E-state index contributed by atoms with van der Waals surface area (Å²) >= 11 is 0. The molecule has 0 aliphatic rings. The quantitative estimate of drug-likeness (QED) is 0.857. The van der Waals surface area contributed by atoms with E-state index in [2.05, 4.69) is 20.4 Å². The maximum absolute atomic E-state index is 11.9. The number of aryl methyl sites for hydroxylation is 1. The van der Waals surface area contributed by atoms with Crippen LogP contribution < -0.4 is 10.1 Å². The van der Waals surface area contributed by atoms with E-state index in [1.165, 1.54) is 7.11 Å². The van der Waals surface area contributed by atoms with Gasteiger partial charge in [0, 0.05) is 6.20 Å². The van der Waals surface area contributed by atoms with Crippen LogP contribution in [0.1, 0.15) is 22.1 Å². The molecule has 0 saturated heterocycles. The highest BCUT2D eigenvalue weighted by atomic mass is 16.5. The lowest BCUT2D eigenvalue weighted by atomic mass is 10.2. The van der Waals surface area contributed by atoms with E-state index in [1.807, 2.05) is 0 Å². The van der Waals surface area contributed by atoms with Crippen molar-refractivity contribution in [3.8, 4) is 5.88 Å². The number of hydrogen-bond acceptors (Lipinski definition) is 6. The summed E-state index contributed by atoms with van der Waals surface area (Å²) in [5.74, 6) is 0.842. The van der Waals surface area contributed by atoms with Crippen LogP contribution in [0.15, 0.2) is 22.9 Å². The number of rotatable bonds is 4. The first-order chi connectivity index (χ1) is 8.70. The van der Waals surface area contributed by atoms with Gasteiger partial charge in [-0.3, -0.25) is 4.79 Å². The van der Waals surface area contributed by atoms with Crippen molar-refractivity contribution in [2.24, 2.45) is 0 Å². The minimum atomic E-state index is -0.309. The van der Waals surface area contributed by atoms with Crippen LogP contribution in [0.2, 0.25) is 0 Å². The molecule has 7 nitrogen and oxygen atoms in total. The number of amides is 1. The van der Waals surface area contributed by atoms with Crippen molar-refractivity contribution in [1.29, 1.82) is 0 Å². The van der Waals surface area contributed by atoms with Crippen LogP contribution in [0.5, 0.6) is 5.88 Å². The number of methoxy groups -OCH3 is 1. The molecule has 1 N–H and O–H groups in total. The van der Waals surface area contributed by atoms with Crippen molar-refractivity contribution in [3.63, 3.8) is 0 Å². The van der Waals surface area contributed by atoms with Crippen LogP contribution in [0, 0.1) is 6.92 Å². The van der Waals surface area contributed by atoms with Crippen molar-refractivity contribution in [2.45, 2.75) is 13.5 Å². The number of nitrogens with one attached hydrogen (secondary N) is 1. The van der Waals surface area contributed by atoms with Gasteiger partial charge in [-0.2, -0.15) is 4.98 Å². The van der Waals surface area contributed by atoms with Gasteiger partial charge in [-0.1, -0.05) is 5.16 Å². The van der Waals surface area contributed by atoms with Crippen LogP contribution in [0.25, 0.3) is 0 Å². The predicted molar refractivity (Wildman–Crippen MR) is 61.0 cm³/mol. The molecule has 0 aromatic carbocycles. The van der Waals surface area contributed by atoms with Crippen molar-refractivity contribution in [3.05, 3.63) is 35.6 Å². The Bertz CT molecular complexity index is 553. The Kier molecular flexibility index (Phi) is 3.52. The van der Waals surface area contributed by atoms with Gasteiger partial charge in [0.05, 0.1) is 13.7 Å². The highest BCUT2D eigenvalue weighted by Gasteiger charge is 2.13. The molecule has 94 valence electrons. The number of pyridine rings is 1. The molecule has 0 spiro atoms. The first kappa shape index (κ1) is 12.0. The summed E-state index contributed by atoms with van der Waals surface area (Å²) in [6.45, 7) is 1.87. The van der Waals surface area contributed by atoms with Crippen molar-refractivity contribution < 1.29 is 14.1 Å². The number of nitrogens with zero attached hydrogens (tertiary/aromatic N) is 3. The molecule has 0 saturated carbocycles. The molecule has 1 amide bonds. The Hall–Kier alpha value is -2.44. The highest BCUT2D eigenvalue weighted by molar-refractivity contribution is 5.96. The van der Waals surface area contributed by atoms with Gasteiger partial charge in [0.15, 0.2) is 5.82 Å². The second-order valence-corrected chi connectivity index (χ2v) is 3.48. The SMILES string of the molecule is COc1ncccc1C(=O)NCc1nc(C)no1. The normalized spacial score (nSPS) is 10.1.